The Kier molecular flexibility index (Phi) is 3.47. The summed E-state index contributed by atoms with van der Waals surface area (Å²) >= 11 is 1.51. The molecule has 1 aromatic carbocycles. The first-order chi connectivity index (χ1) is 10.0. The van der Waals surface area contributed by atoms with E-state index in [0.29, 0.717) is 23.1 Å². The van der Waals surface area contributed by atoms with Crippen LogP contribution >= 0.6 is 11.3 Å². The van der Waals surface area contributed by atoms with E-state index in [2.05, 4.69) is 10.1 Å². The molecule has 21 heavy (non-hydrogen) atoms. The predicted octanol–water partition coefficient (Wildman–Crippen LogP) is 3.73. The van der Waals surface area contributed by atoms with Crippen molar-refractivity contribution in [3.8, 4) is 11.5 Å². The smallest absolute Gasteiger partial charge is 0.261 e. The van der Waals surface area contributed by atoms with Gasteiger partial charge in [0.15, 0.2) is 5.82 Å². The van der Waals surface area contributed by atoms with E-state index in [-0.39, 0.29) is 5.82 Å². The van der Waals surface area contributed by atoms with Crippen LogP contribution in [0.25, 0.3) is 11.5 Å². The summed E-state index contributed by atoms with van der Waals surface area (Å²) in [5, 5.41) is 4.62. The maximum absolute atomic E-state index is 13.2. The highest BCUT2D eigenvalue weighted by molar-refractivity contribution is 7.16. The molecule has 0 aliphatic rings. The van der Waals surface area contributed by atoms with Gasteiger partial charge in [0, 0.05) is 11.3 Å². The molecule has 3 rings (SSSR count). The number of aromatic nitrogens is 2. The molecule has 0 spiro atoms. The maximum Gasteiger partial charge on any atom is 0.261 e. The summed E-state index contributed by atoms with van der Waals surface area (Å²) in [7, 11) is 0. The molecule has 0 saturated heterocycles. The second kappa shape index (κ2) is 5.29. The minimum Gasteiger partial charge on any atom is -0.390 e. The molecule has 2 aromatic heterocycles. The van der Waals surface area contributed by atoms with Gasteiger partial charge < -0.3 is 10.3 Å². The van der Waals surface area contributed by atoms with Crippen LogP contribution in [0.5, 0.6) is 0 Å². The fourth-order valence-electron chi connectivity index (χ4n) is 2.18. The molecule has 0 bridgehead atoms. The van der Waals surface area contributed by atoms with Gasteiger partial charge in [-0.05, 0) is 37.1 Å². The Morgan fingerprint density at radius 1 is 1.33 bits per heavy atom. The lowest BCUT2D eigenvalue weighted by Gasteiger charge is -1.96. The number of benzene rings is 1. The SMILES string of the molecule is Cc1sc(N)c(-c2nc(Cc3cccc(F)c3)no2)c1C. The number of thiophene rings is 1. The Morgan fingerprint density at radius 2 is 2.14 bits per heavy atom. The summed E-state index contributed by atoms with van der Waals surface area (Å²) < 4.78 is 18.5. The average molecular weight is 303 g/mol. The molecule has 0 atom stereocenters. The van der Waals surface area contributed by atoms with Gasteiger partial charge in [-0.1, -0.05) is 17.3 Å². The summed E-state index contributed by atoms with van der Waals surface area (Å²) in [5.74, 6) is 0.656. The van der Waals surface area contributed by atoms with Crippen molar-refractivity contribution in [3.05, 3.63) is 51.9 Å². The minimum atomic E-state index is -0.273. The highest BCUT2D eigenvalue weighted by Gasteiger charge is 2.18. The summed E-state index contributed by atoms with van der Waals surface area (Å²) in [6.07, 6.45) is 0.420. The Morgan fingerprint density at radius 3 is 2.81 bits per heavy atom. The molecule has 0 aliphatic heterocycles. The monoisotopic (exact) mass is 303 g/mol. The molecular formula is C15H14FN3OS. The largest absolute Gasteiger partial charge is 0.390 e. The molecule has 0 aliphatic carbocycles. The molecule has 3 aromatic rings. The van der Waals surface area contributed by atoms with Crippen LogP contribution in [-0.4, -0.2) is 10.1 Å². The minimum absolute atomic E-state index is 0.273. The Hall–Kier alpha value is -2.21. The zero-order valence-electron chi connectivity index (χ0n) is 11.7. The van der Waals surface area contributed by atoms with Crippen LogP contribution in [0.4, 0.5) is 9.39 Å². The number of anilines is 1. The average Bonchev–Trinajstić information content (AvgIpc) is 2.95. The van der Waals surface area contributed by atoms with E-state index in [1.54, 1.807) is 6.07 Å². The summed E-state index contributed by atoms with van der Waals surface area (Å²) in [4.78, 5) is 5.50. The van der Waals surface area contributed by atoms with Gasteiger partial charge in [0.05, 0.1) is 10.6 Å². The Balaban J connectivity index is 1.90. The predicted molar refractivity (Wildman–Crippen MR) is 80.7 cm³/mol. The summed E-state index contributed by atoms with van der Waals surface area (Å²) in [5.41, 5.74) is 8.65. The lowest BCUT2D eigenvalue weighted by molar-refractivity contribution is 0.424. The zero-order chi connectivity index (χ0) is 15.0. The number of halogens is 1. The first kappa shape index (κ1) is 13.8. The number of hydrogen-bond acceptors (Lipinski definition) is 5. The zero-order valence-corrected chi connectivity index (χ0v) is 12.5. The third-order valence-corrected chi connectivity index (χ3v) is 4.38. The van der Waals surface area contributed by atoms with Crippen molar-refractivity contribution in [1.29, 1.82) is 0 Å². The van der Waals surface area contributed by atoms with Crippen LogP contribution in [0, 0.1) is 19.7 Å². The standard InChI is InChI=1S/C15H14FN3OS/c1-8-9(2)21-14(17)13(8)15-18-12(19-20-15)7-10-4-3-5-11(16)6-10/h3-6H,7,17H2,1-2H3. The fraction of sp³-hybridized carbons (Fsp3) is 0.200. The van der Waals surface area contributed by atoms with Crippen LogP contribution in [0.15, 0.2) is 28.8 Å². The van der Waals surface area contributed by atoms with Crippen LogP contribution in [0.3, 0.4) is 0 Å². The van der Waals surface area contributed by atoms with Gasteiger partial charge in [-0.25, -0.2) is 4.39 Å². The van der Waals surface area contributed by atoms with Crippen molar-refractivity contribution in [2.75, 3.05) is 5.73 Å². The van der Waals surface area contributed by atoms with Gasteiger partial charge in [-0.15, -0.1) is 11.3 Å². The van der Waals surface area contributed by atoms with Crippen LogP contribution in [0.2, 0.25) is 0 Å². The molecule has 0 saturated carbocycles. The van der Waals surface area contributed by atoms with Crippen molar-refractivity contribution in [2.45, 2.75) is 20.3 Å². The number of nitrogen functional groups attached to an aromatic ring is 1. The van der Waals surface area contributed by atoms with Crippen LogP contribution in [0.1, 0.15) is 21.8 Å². The first-order valence-corrected chi connectivity index (χ1v) is 7.29. The number of nitrogens with zero attached hydrogens (tertiary/aromatic N) is 2. The summed E-state index contributed by atoms with van der Waals surface area (Å²) in [6.45, 7) is 3.98. The molecular weight excluding hydrogens is 289 g/mol. The number of hydrogen-bond donors (Lipinski definition) is 1. The number of nitrogens with two attached hydrogens (primary N) is 1. The molecule has 4 nitrogen and oxygen atoms in total. The molecule has 108 valence electrons. The van der Waals surface area contributed by atoms with E-state index in [1.807, 2.05) is 19.9 Å². The van der Waals surface area contributed by atoms with E-state index in [4.69, 9.17) is 10.3 Å². The van der Waals surface area contributed by atoms with Gasteiger partial charge >= 0.3 is 0 Å². The number of aryl methyl sites for hydroxylation is 1. The number of rotatable bonds is 3. The van der Waals surface area contributed by atoms with Crippen molar-refractivity contribution in [2.24, 2.45) is 0 Å². The molecule has 6 heteroatoms. The van der Waals surface area contributed by atoms with Gasteiger partial charge in [-0.2, -0.15) is 4.98 Å². The van der Waals surface area contributed by atoms with Gasteiger partial charge in [0.2, 0.25) is 0 Å². The molecule has 2 heterocycles. The van der Waals surface area contributed by atoms with E-state index >= 15 is 0 Å². The Labute approximate surface area is 125 Å². The highest BCUT2D eigenvalue weighted by Crippen LogP contribution is 2.37. The molecule has 0 unspecified atom stereocenters. The molecule has 0 radical (unpaired) electrons. The van der Waals surface area contributed by atoms with Gasteiger partial charge in [-0.3, -0.25) is 0 Å². The van der Waals surface area contributed by atoms with Crippen LogP contribution in [-0.2, 0) is 6.42 Å². The quantitative estimate of drug-likeness (QED) is 0.800. The van der Waals surface area contributed by atoms with Crippen LogP contribution < -0.4 is 5.73 Å². The Bertz CT molecular complexity index is 794. The van der Waals surface area contributed by atoms with E-state index < -0.39 is 0 Å². The van der Waals surface area contributed by atoms with Crippen molar-refractivity contribution >= 4 is 16.3 Å². The maximum atomic E-state index is 13.2. The van der Waals surface area contributed by atoms with E-state index in [1.165, 1.54) is 23.5 Å². The van der Waals surface area contributed by atoms with Crippen molar-refractivity contribution in [1.82, 2.24) is 10.1 Å². The third kappa shape index (κ3) is 2.67. The first-order valence-electron chi connectivity index (χ1n) is 6.47. The normalized spacial score (nSPS) is 11.0. The highest BCUT2D eigenvalue weighted by atomic mass is 32.1. The van der Waals surface area contributed by atoms with E-state index in [9.17, 15) is 4.39 Å². The van der Waals surface area contributed by atoms with Crippen molar-refractivity contribution in [3.63, 3.8) is 0 Å². The lowest BCUT2D eigenvalue weighted by Crippen LogP contribution is -1.92. The second-order valence-corrected chi connectivity index (χ2v) is 6.10. The molecule has 2 N–H and O–H groups in total. The summed E-state index contributed by atoms with van der Waals surface area (Å²) in [6, 6.07) is 6.36. The second-order valence-electron chi connectivity index (χ2n) is 4.84. The fourth-order valence-corrected chi connectivity index (χ4v) is 3.10. The lowest BCUT2D eigenvalue weighted by atomic mass is 10.1. The molecule has 0 fully saturated rings. The van der Waals surface area contributed by atoms with E-state index in [0.717, 1.165) is 21.6 Å². The van der Waals surface area contributed by atoms with Crippen molar-refractivity contribution < 1.29 is 8.91 Å². The topological polar surface area (TPSA) is 64.9 Å². The molecule has 0 amide bonds. The van der Waals surface area contributed by atoms with Gasteiger partial charge in [0.25, 0.3) is 5.89 Å². The third-order valence-electron chi connectivity index (χ3n) is 3.35. The van der Waals surface area contributed by atoms with Gasteiger partial charge in [0.1, 0.15) is 5.82 Å².